The van der Waals surface area contributed by atoms with Gasteiger partial charge in [0, 0.05) is 28.2 Å². The van der Waals surface area contributed by atoms with Crippen molar-refractivity contribution in [1.82, 2.24) is 10.3 Å². The summed E-state index contributed by atoms with van der Waals surface area (Å²) in [7, 11) is 0. The summed E-state index contributed by atoms with van der Waals surface area (Å²) in [4.78, 5) is 4.38. The highest BCUT2D eigenvalue weighted by Crippen LogP contribution is 2.25. The summed E-state index contributed by atoms with van der Waals surface area (Å²) in [6.07, 6.45) is 4.29. The van der Waals surface area contributed by atoms with E-state index in [0.717, 1.165) is 17.8 Å². The molecular formula is C16H16Cl2N2O. The van der Waals surface area contributed by atoms with Gasteiger partial charge in [0.15, 0.2) is 0 Å². The molecule has 0 spiro atoms. The van der Waals surface area contributed by atoms with Gasteiger partial charge < -0.3 is 10.1 Å². The van der Waals surface area contributed by atoms with Gasteiger partial charge in [-0.2, -0.15) is 0 Å². The zero-order valence-corrected chi connectivity index (χ0v) is 13.0. The van der Waals surface area contributed by atoms with Crippen LogP contribution in [0.2, 0.25) is 10.0 Å². The van der Waals surface area contributed by atoms with E-state index in [9.17, 15) is 0 Å². The minimum absolute atomic E-state index is 0.333. The molecule has 110 valence electrons. The Morgan fingerprint density at radius 3 is 2.52 bits per heavy atom. The molecule has 3 nitrogen and oxygen atoms in total. The first kappa shape index (κ1) is 14.6. The van der Waals surface area contributed by atoms with Crippen LogP contribution in [0.25, 0.3) is 0 Å². The number of hydrogen-bond donors (Lipinski definition) is 1. The average Bonchev–Trinajstić information content (AvgIpc) is 3.30. The number of ether oxygens (including phenoxy) is 1. The van der Waals surface area contributed by atoms with Crippen molar-refractivity contribution >= 4 is 23.2 Å². The van der Waals surface area contributed by atoms with Crippen molar-refractivity contribution < 1.29 is 4.74 Å². The van der Waals surface area contributed by atoms with Crippen LogP contribution in [-0.2, 0) is 13.2 Å². The van der Waals surface area contributed by atoms with E-state index in [1.807, 2.05) is 18.2 Å². The first-order valence-electron chi connectivity index (χ1n) is 6.96. The van der Waals surface area contributed by atoms with Crippen molar-refractivity contribution in [2.75, 3.05) is 0 Å². The first-order valence-corrected chi connectivity index (χ1v) is 7.72. The third kappa shape index (κ3) is 4.10. The number of rotatable bonds is 6. The van der Waals surface area contributed by atoms with Crippen molar-refractivity contribution in [2.24, 2.45) is 0 Å². The third-order valence-electron chi connectivity index (χ3n) is 3.39. The van der Waals surface area contributed by atoms with E-state index in [4.69, 9.17) is 27.9 Å². The van der Waals surface area contributed by atoms with Gasteiger partial charge in [-0.3, -0.25) is 4.98 Å². The Kier molecular flexibility index (Phi) is 4.63. The molecule has 0 amide bonds. The highest BCUT2D eigenvalue weighted by Gasteiger charge is 2.20. The zero-order chi connectivity index (χ0) is 14.7. The van der Waals surface area contributed by atoms with Gasteiger partial charge in [-0.15, -0.1) is 0 Å². The van der Waals surface area contributed by atoms with Gasteiger partial charge >= 0.3 is 0 Å². The Balaban J connectivity index is 1.57. The van der Waals surface area contributed by atoms with Crippen LogP contribution in [0, 0.1) is 0 Å². The summed E-state index contributed by atoms with van der Waals surface area (Å²) in [5, 5.41) is 4.65. The lowest BCUT2D eigenvalue weighted by atomic mass is 10.2. The fraction of sp³-hybridized carbons (Fsp3) is 0.312. The van der Waals surface area contributed by atoms with Gasteiger partial charge in [0.2, 0.25) is 0 Å². The second-order valence-electron chi connectivity index (χ2n) is 5.13. The quantitative estimate of drug-likeness (QED) is 0.864. The Morgan fingerprint density at radius 1 is 1.14 bits per heavy atom. The fourth-order valence-corrected chi connectivity index (χ4v) is 2.47. The number of nitrogens with one attached hydrogen (secondary N) is 1. The van der Waals surface area contributed by atoms with Crippen molar-refractivity contribution in [3.63, 3.8) is 0 Å². The number of nitrogens with zero attached hydrogens (tertiary/aromatic N) is 1. The molecule has 1 saturated carbocycles. The molecule has 2 aromatic rings. The smallest absolute Gasteiger partial charge is 0.138 e. The summed E-state index contributed by atoms with van der Waals surface area (Å²) in [5.41, 5.74) is 1.81. The molecule has 1 fully saturated rings. The fourth-order valence-electron chi connectivity index (χ4n) is 1.96. The second kappa shape index (κ2) is 6.65. The SMILES string of the molecule is Clc1cccc(Cl)c1COc1ccc(CNC2CC2)nc1. The second-order valence-corrected chi connectivity index (χ2v) is 5.94. The molecule has 0 radical (unpaired) electrons. The Hall–Kier alpha value is -1.29. The van der Waals surface area contributed by atoms with Gasteiger partial charge in [-0.25, -0.2) is 0 Å². The van der Waals surface area contributed by atoms with E-state index in [0.29, 0.717) is 28.4 Å². The lowest BCUT2D eigenvalue weighted by Gasteiger charge is -2.09. The maximum absolute atomic E-state index is 6.11. The molecule has 0 atom stereocenters. The zero-order valence-electron chi connectivity index (χ0n) is 11.5. The van der Waals surface area contributed by atoms with Gasteiger partial charge in [-0.1, -0.05) is 29.3 Å². The molecule has 21 heavy (non-hydrogen) atoms. The number of hydrogen-bond acceptors (Lipinski definition) is 3. The Bertz CT molecular complexity index is 592. The summed E-state index contributed by atoms with van der Waals surface area (Å²) < 4.78 is 5.69. The molecule has 3 rings (SSSR count). The van der Waals surface area contributed by atoms with E-state index >= 15 is 0 Å². The minimum Gasteiger partial charge on any atom is -0.487 e. The predicted octanol–water partition coefficient (Wildman–Crippen LogP) is 4.22. The topological polar surface area (TPSA) is 34.1 Å². The molecule has 1 aromatic heterocycles. The summed E-state index contributed by atoms with van der Waals surface area (Å²) in [6, 6.07) is 10.00. The van der Waals surface area contributed by atoms with Crippen molar-refractivity contribution in [1.29, 1.82) is 0 Å². The van der Waals surface area contributed by atoms with Crippen molar-refractivity contribution in [2.45, 2.75) is 32.0 Å². The van der Waals surface area contributed by atoms with Gasteiger partial charge in [0.1, 0.15) is 12.4 Å². The van der Waals surface area contributed by atoms with Crippen molar-refractivity contribution in [3.8, 4) is 5.75 Å². The number of pyridine rings is 1. The van der Waals surface area contributed by atoms with Gasteiger partial charge in [0.05, 0.1) is 11.9 Å². The number of halogens is 2. The molecule has 1 aromatic carbocycles. The molecule has 0 aliphatic heterocycles. The summed E-state index contributed by atoms with van der Waals surface area (Å²) >= 11 is 12.2. The van der Waals surface area contributed by atoms with Gasteiger partial charge in [0.25, 0.3) is 0 Å². The first-order chi connectivity index (χ1) is 10.2. The molecule has 1 aliphatic carbocycles. The van der Waals surface area contributed by atoms with E-state index in [-0.39, 0.29) is 0 Å². The molecule has 5 heteroatoms. The highest BCUT2D eigenvalue weighted by molar-refractivity contribution is 6.35. The normalized spacial score (nSPS) is 14.2. The van der Waals surface area contributed by atoms with Gasteiger partial charge in [-0.05, 0) is 37.1 Å². The van der Waals surface area contributed by atoms with Crippen LogP contribution < -0.4 is 10.1 Å². The lowest BCUT2D eigenvalue weighted by Crippen LogP contribution is -2.16. The van der Waals surface area contributed by atoms with Crippen LogP contribution in [0.1, 0.15) is 24.1 Å². The van der Waals surface area contributed by atoms with Crippen LogP contribution >= 0.6 is 23.2 Å². The maximum Gasteiger partial charge on any atom is 0.138 e. The third-order valence-corrected chi connectivity index (χ3v) is 4.10. The lowest BCUT2D eigenvalue weighted by molar-refractivity contribution is 0.305. The van der Waals surface area contributed by atoms with Crippen molar-refractivity contribution in [3.05, 3.63) is 57.8 Å². The molecule has 0 unspecified atom stereocenters. The minimum atomic E-state index is 0.333. The Labute approximate surface area is 134 Å². The van der Waals surface area contributed by atoms with Crippen LogP contribution in [0.5, 0.6) is 5.75 Å². The molecule has 0 bridgehead atoms. The predicted molar refractivity (Wildman–Crippen MR) is 84.9 cm³/mol. The van der Waals surface area contributed by atoms with E-state index in [2.05, 4.69) is 10.3 Å². The Morgan fingerprint density at radius 2 is 1.90 bits per heavy atom. The van der Waals surface area contributed by atoms with E-state index < -0.39 is 0 Å². The molecule has 1 aliphatic rings. The molecule has 1 heterocycles. The standard InChI is InChI=1S/C16H16Cl2N2O/c17-15-2-1-3-16(18)14(15)10-21-13-7-6-12(20-9-13)8-19-11-4-5-11/h1-3,6-7,9,11,19H,4-5,8,10H2. The van der Waals surface area contributed by atoms with Crippen LogP contribution in [0.3, 0.4) is 0 Å². The molecular weight excluding hydrogens is 307 g/mol. The summed E-state index contributed by atoms with van der Waals surface area (Å²) in [6.45, 7) is 1.14. The van der Waals surface area contributed by atoms with Crippen LogP contribution in [-0.4, -0.2) is 11.0 Å². The van der Waals surface area contributed by atoms with Crippen LogP contribution in [0.15, 0.2) is 36.5 Å². The molecule has 1 N–H and O–H groups in total. The van der Waals surface area contributed by atoms with E-state index in [1.54, 1.807) is 18.3 Å². The average molecular weight is 323 g/mol. The number of benzene rings is 1. The highest BCUT2D eigenvalue weighted by atomic mass is 35.5. The summed E-state index contributed by atoms with van der Waals surface area (Å²) in [5.74, 6) is 0.709. The molecule has 0 saturated heterocycles. The largest absolute Gasteiger partial charge is 0.487 e. The maximum atomic E-state index is 6.11. The number of aromatic nitrogens is 1. The van der Waals surface area contributed by atoms with Crippen LogP contribution in [0.4, 0.5) is 0 Å². The monoisotopic (exact) mass is 322 g/mol. The van der Waals surface area contributed by atoms with E-state index in [1.165, 1.54) is 12.8 Å².